The van der Waals surface area contributed by atoms with Crippen LogP contribution in [-0.4, -0.2) is 12.1 Å². The fraction of sp³-hybridized carbons (Fsp3) is 0.115. The molecule has 0 amide bonds. The molecule has 0 saturated carbocycles. The fourth-order valence-electron chi connectivity index (χ4n) is 4.26. The molecule has 0 aliphatic rings. The van der Waals surface area contributed by atoms with Crippen molar-refractivity contribution in [1.82, 2.24) is 4.98 Å². The molecule has 1 heterocycles. The number of rotatable bonds is 2. The molecule has 4 aromatic carbocycles. The quantitative estimate of drug-likeness (QED) is 0.321. The van der Waals surface area contributed by atoms with E-state index >= 15 is 0 Å². The minimum absolute atomic E-state index is 0.883. The third kappa shape index (κ3) is 2.61. The van der Waals surface area contributed by atoms with Gasteiger partial charge in [0.25, 0.3) is 0 Å². The van der Waals surface area contributed by atoms with E-state index in [-0.39, 0.29) is 0 Å². The van der Waals surface area contributed by atoms with Gasteiger partial charge in [0.1, 0.15) is 5.75 Å². The zero-order valence-electron chi connectivity index (χ0n) is 16.3. The lowest BCUT2D eigenvalue weighted by molar-refractivity contribution is 0.415. The number of pyridine rings is 1. The zero-order chi connectivity index (χ0) is 19.3. The summed E-state index contributed by atoms with van der Waals surface area (Å²) in [4.78, 5) is 4.73. The summed E-state index contributed by atoms with van der Waals surface area (Å²) < 4.78 is 5.38. The van der Waals surface area contributed by atoms with Crippen LogP contribution in [0.3, 0.4) is 0 Å². The van der Waals surface area contributed by atoms with E-state index in [9.17, 15) is 0 Å². The summed E-state index contributed by atoms with van der Waals surface area (Å²) in [5.74, 6) is 0.883. The maximum Gasteiger partial charge on any atom is 0.119 e. The zero-order valence-corrected chi connectivity index (χ0v) is 16.3. The first-order valence-corrected chi connectivity index (χ1v) is 9.51. The summed E-state index contributed by atoms with van der Waals surface area (Å²) in [6.45, 7) is 4.27. The summed E-state index contributed by atoms with van der Waals surface area (Å²) in [5, 5.41) is 7.36. The van der Waals surface area contributed by atoms with Crippen molar-refractivity contribution in [2.45, 2.75) is 13.8 Å². The maximum absolute atomic E-state index is 5.38. The molecule has 2 nitrogen and oxygen atoms in total. The van der Waals surface area contributed by atoms with Gasteiger partial charge in [-0.3, -0.25) is 4.98 Å². The molecule has 0 bridgehead atoms. The van der Waals surface area contributed by atoms with Crippen molar-refractivity contribution in [3.63, 3.8) is 0 Å². The molecule has 0 atom stereocenters. The number of ether oxygens (including phenoxy) is 1. The normalized spacial score (nSPS) is 11.4. The standard InChI is InChI=1S/C26H21NO/c1-16-12-17(2)14-19(13-16)26-25-9-8-22-21-7-5-20(28-3)15-18(21)4-6-23(22)24(25)10-11-27-26/h4-15H,1-3H3. The molecule has 5 aromatic rings. The maximum atomic E-state index is 5.38. The highest BCUT2D eigenvalue weighted by atomic mass is 16.5. The Hall–Kier alpha value is -3.39. The number of aryl methyl sites for hydroxylation is 2. The van der Waals surface area contributed by atoms with E-state index in [0.717, 1.165) is 11.4 Å². The Bertz CT molecular complexity index is 1350. The van der Waals surface area contributed by atoms with Gasteiger partial charge in [0.2, 0.25) is 0 Å². The summed E-state index contributed by atoms with van der Waals surface area (Å²) in [6, 6.07) is 23.8. The Morgan fingerprint density at radius 1 is 0.643 bits per heavy atom. The van der Waals surface area contributed by atoms with Crippen LogP contribution < -0.4 is 4.74 Å². The molecule has 0 aliphatic heterocycles. The Morgan fingerprint density at radius 3 is 2.07 bits per heavy atom. The van der Waals surface area contributed by atoms with Crippen molar-refractivity contribution in [1.29, 1.82) is 0 Å². The van der Waals surface area contributed by atoms with E-state index in [1.807, 2.05) is 12.3 Å². The van der Waals surface area contributed by atoms with Gasteiger partial charge in [-0.15, -0.1) is 0 Å². The molecule has 2 heteroatoms. The Labute approximate surface area is 164 Å². The van der Waals surface area contributed by atoms with E-state index in [1.165, 1.54) is 49.0 Å². The molecule has 136 valence electrons. The SMILES string of the molecule is COc1ccc2c(ccc3c4ccnc(-c5cc(C)cc(C)c5)c4ccc23)c1. The van der Waals surface area contributed by atoms with Gasteiger partial charge in [-0.1, -0.05) is 47.5 Å². The van der Waals surface area contributed by atoms with E-state index in [0.29, 0.717) is 0 Å². The first-order valence-electron chi connectivity index (χ1n) is 9.51. The first kappa shape index (κ1) is 16.8. The van der Waals surface area contributed by atoms with Crippen LogP contribution in [0.15, 0.2) is 72.9 Å². The van der Waals surface area contributed by atoms with E-state index in [1.54, 1.807) is 7.11 Å². The summed E-state index contributed by atoms with van der Waals surface area (Å²) in [7, 11) is 1.71. The summed E-state index contributed by atoms with van der Waals surface area (Å²) >= 11 is 0. The predicted octanol–water partition coefficient (Wildman–Crippen LogP) is 6.83. The van der Waals surface area contributed by atoms with Crippen LogP contribution in [0.1, 0.15) is 11.1 Å². The van der Waals surface area contributed by atoms with Crippen molar-refractivity contribution in [3.8, 4) is 17.0 Å². The minimum atomic E-state index is 0.883. The molecule has 0 N–H and O–H groups in total. The molecular formula is C26H21NO. The number of nitrogens with zero attached hydrogens (tertiary/aromatic N) is 1. The molecule has 1 aromatic heterocycles. The van der Waals surface area contributed by atoms with Crippen molar-refractivity contribution >= 4 is 32.3 Å². The molecule has 0 spiro atoms. The van der Waals surface area contributed by atoms with Crippen molar-refractivity contribution in [2.24, 2.45) is 0 Å². The number of hydrogen-bond acceptors (Lipinski definition) is 2. The van der Waals surface area contributed by atoms with Crippen molar-refractivity contribution in [3.05, 3.63) is 84.1 Å². The van der Waals surface area contributed by atoms with Gasteiger partial charge in [-0.25, -0.2) is 0 Å². The topological polar surface area (TPSA) is 22.1 Å². The number of fused-ring (bicyclic) bond motifs is 5. The highest BCUT2D eigenvalue weighted by molar-refractivity contribution is 6.19. The molecule has 28 heavy (non-hydrogen) atoms. The molecular weight excluding hydrogens is 342 g/mol. The lowest BCUT2D eigenvalue weighted by Gasteiger charge is -2.12. The second-order valence-corrected chi connectivity index (χ2v) is 7.44. The van der Waals surface area contributed by atoms with Gasteiger partial charge >= 0.3 is 0 Å². The Morgan fingerprint density at radius 2 is 1.29 bits per heavy atom. The number of benzene rings is 4. The smallest absolute Gasteiger partial charge is 0.119 e. The van der Waals surface area contributed by atoms with E-state index in [2.05, 4.69) is 74.5 Å². The average Bonchev–Trinajstić information content (AvgIpc) is 2.71. The van der Waals surface area contributed by atoms with Gasteiger partial charge in [-0.05, 0) is 71.1 Å². The molecule has 0 fully saturated rings. The molecule has 0 unspecified atom stereocenters. The van der Waals surface area contributed by atoms with Crippen LogP contribution in [0.4, 0.5) is 0 Å². The van der Waals surface area contributed by atoms with Gasteiger partial charge in [0, 0.05) is 17.1 Å². The highest BCUT2D eigenvalue weighted by Crippen LogP contribution is 2.36. The first-order chi connectivity index (χ1) is 13.6. The fourth-order valence-corrected chi connectivity index (χ4v) is 4.26. The molecule has 0 saturated heterocycles. The largest absolute Gasteiger partial charge is 0.497 e. The number of methoxy groups -OCH3 is 1. The van der Waals surface area contributed by atoms with Crippen LogP contribution >= 0.6 is 0 Å². The second-order valence-electron chi connectivity index (χ2n) is 7.44. The van der Waals surface area contributed by atoms with Crippen LogP contribution in [0.5, 0.6) is 5.75 Å². The van der Waals surface area contributed by atoms with Crippen molar-refractivity contribution in [2.75, 3.05) is 7.11 Å². The molecule has 0 aliphatic carbocycles. The van der Waals surface area contributed by atoms with E-state index in [4.69, 9.17) is 9.72 Å². The third-order valence-electron chi connectivity index (χ3n) is 5.46. The molecule has 0 radical (unpaired) electrons. The average molecular weight is 363 g/mol. The lowest BCUT2D eigenvalue weighted by Crippen LogP contribution is -1.90. The minimum Gasteiger partial charge on any atom is -0.497 e. The monoisotopic (exact) mass is 363 g/mol. The van der Waals surface area contributed by atoms with Crippen LogP contribution in [0.2, 0.25) is 0 Å². The van der Waals surface area contributed by atoms with Gasteiger partial charge < -0.3 is 4.74 Å². The van der Waals surface area contributed by atoms with Crippen molar-refractivity contribution < 1.29 is 4.74 Å². The predicted molar refractivity (Wildman–Crippen MR) is 118 cm³/mol. The number of hydrogen-bond donors (Lipinski definition) is 0. The summed E-state index contributed by atoms with van der Waals surface area (Å²) in [6.07, 6.45) is 1.92. The lowest BCUT2D eigenvalue weighted by atomic mass is 9.94. The van der Waals surface area contributed by atoms with E-state index < -0.39 is 0 Å². The van der Waals surface area contributed by atoms with Gasteiger partial charge in [-0.2, -0.15) is 0 Å². The Balaban J connectivity index is 1.82. The third-order valence-corrected chi connectivity index (χ3v) is 5.46. The van der Waals surface area contributed by atoms with Gasteiger partial charge in [0.15, 0.2) is 0 Å². The van der Waals surface area contributed by atoms with Crippen LogP contribution in [-0.2, 0) is 0 Å². The van der Waals surface area contributed by atoms with Gasteiger partial charge in [0.05, 0.1) is 12.8 Å². The van der Waals surface area contributed by atoms with Crippen LogP contribution in [0.25, 0.3) is 43.6 Å². The number of aromatic nitrogens is 1. The van der Waals surface area contributed by atoms with Crippen LogP contribution in [0, 0.1) is 13.8 Å². The highest BCUT2D eigenvalue weighted by Gasteiger charge is 2.11. The second kappa shape index (κ2) is 6.35. The molecule has 5 rings (SSSR count). The summed E-state index contributed by atoms with van der Waals surface area (Å²) in [5.41, 5.74) is 4.73. The Kier molecular flexibility index (Phi) is 3.80.